The Balaban J connectivity index is 1.31. The first-order valence-electron chi connectivity index (χ1n) is 11.5. The number of rotatable bonds is 7. The molecule has 2 aromatic carbocycles. The molecule has 1 N–H and O–H groups in total. The Morgan fingerprint density at radius 3 is 2.46 bits per heavy atom. The fourth-order valence-corrected chi connectivity index (χ4v) is 4.10. The molecule has 35 heavy (non-hydrogen) atoms. The number of nitrogens with one attached hydrogen (secondary N) is 1. The highest BCUT2D eigenvalue weighted by Gasteiger charge is 2.34. The molecule has 0 aromatic heterocycles. The van der Waals surface area contributed by atoms with Gasteiger partial charge in [-0.15, -0.1) is 0 Å². The van der Waals surface area contributed by atoms with E-state index < -0.39 is 17.6 Å². The van der Waals surface area contributed by atoms with Crippen molar-refractivity contribution < 1.29 is 27.5 Å². The Morgan fingerprint density at radius 2 is 1.74 bits per heavy atom. The zero-order chi connectivity index (χ0) is 24.8. The van der Waals surface area contributed by atoms with Gasteiger partial charge in [-0.1, -0.05) is 36.4 Å². The van der Waals surface area contributed by atoms with Gasteiger partial charge in [-0.2, -0.15) is 18.3 Å². The van der Waals surface area contributed by atoms with E-state index in [0.29, 0.717) is 45.0 Å². The second-order valence-corrected chi connectivity index (χ2v) is 8.39. The molecule has 0 bridgehead atoms. The molecule has 2 amide bonds. The highest BCUT2D eigenvalue weighted by atomic mass is 19.4. The molecule has 4 rings (SSSR count). The normalized spacial score (nSPS) is 16.3. The Morgan fingerprint density at radius 1 is 1.00 bits per heavy atom. The number of hydrogen-bond acceptors (Lipinski definition) is 5. The summed E-state index contributed by atoms with van der Waals surface area (Å²) in [6.07, 6.45) is -4.12. The second-order valence-electron chi connectivity index (χ2n) is 8.39. The summed E-state index contributed by atoms with van der Waals surface area (Å²) in [5.74, 6) is -0.785. The van der Waals surface area contributed by atoms with Crippen LogP contribution in [0.4, 0.5) is 18.9 Å². The van der Waals surface area contributed by atoms with E-state index in [4.69, 9.17) is 4.74 Å². The number of morpholine rings is 1. The van der Waals surface area contributed by atoms with Gasteiger partial charge in [-0.05, 0) is 23.3 Å². The monoisotopic (exact) mass is 488 g/mol. The van der Waals surface area contributed by atoms with E-state index in [2.05, 4.69) is 10.4 Å². The third-order valence-electron chi connectivity index (χ3n) is 6.01. The van der Waals surface area contributed by atoms with Gasteiger partial charge in [-0.25, -0.2) is 5.01 Å². The van der Waals surface area contributed by atoms with Crippen LogP contribution in [0.3, 0.4) is 0 Å². The lowest BCUT2D eigenvalue weighted by Gasteiger charge is -2.29. The van der Waals surface area contributed by atoms with Gasteiger partial charge in [0.1, 0.15) is 0 Å². The number of nitrogens with zero attached hydrogens (tertiary/aromatic N) is 3. The molecule has 0 atom stereocenters. The lowest BCUT2D eigenvalue weighted by molar-refractivity contribution is -0.138. The van der Waals surface area contributed by atoms with E-state index >= 15 is 0 Å². The Kier molecular flexibility index (Phi) is 7.70. The smallest absolute Gasteiger partial charge is 0.378 e. The van der Waals surface area contributed by atoms with E-state index in [1.807, 2.05) is 35.2 Å². The second kappa shape index (κ2) is 10.9. The van der Waals surface area contributed by atoms with E-state index in [0.717, 1.165) is 17.3 Å². The predicted molar refractivity (Wildman–Crippen MR) is 125 cm³/mol. The minimum atomic E-state index is -4.55. The zero-order valence-corrected chi connectivity index (χ0v) is 19.2. The average molecular weight is 489 g/mol. The summed E-state index contributed by atoms with van der Waals surface area (Å²) in [6.45, 7) is 2.15. The van der Waals surface area contributed by atoms with Gasteiger partial charge in [0.25, 0.3) is 0 Å². The summed E-state index contributed by atoms with van der Waals surface area (Å²) in [7, 11) is 0. The zero-order valence-electron chi connectivity index (χ0n) is 19.2. The molecule has 0 unspecified atom stereocenters. The minimum Gasteiger partial charge on any atom is -0.378 e. The third-order valence-corrected chi connectivity index (χ3v) is 6.01. The molecule has 0 saturated carbocycles. The van der Waals surface area contributed by atoms with Crippen molar-refractivity contribution >= 4 is 23.2 Å². The molecule has 0 aliphatic carbocycles. The molecular weight excluding hydrogens is 461 g/mol. The first kappa shape index (κ1) is 24.7. The van der Waals surface area contributed by atoms with Crippen LogP contribution >= 0.6 is 0 Å². The van der Waals surface area contributed by atoms with Crippen molar-refractivity contribution in [2.45, 2.75) is 32.0 Å². The van der Waals surface area contributed by atoms with Gasteiger partial charge in [0, 0.05) is 44.6 Å². The van der Waals surface area contributed by atoms with Gasteiger partial charge in [0.15, 0.2) is 0 Å². The van der Waals surface area contributed by atoms with Crippen molar-refractivity contribution in [3.05, 3.63) is 65.2 Å². The number of halogens is 3. The Labute approximate surface area is 201 Å². The van der Waals surface area contributed by atoms with E-state index in [1.54, 1.807) is 6.07 Å². The largest absolute Gasteiger partial charge is 0.416 e. The van der Waals surface area contributed by atoms with Crippen LogP contribution in [-0.4, -0.2) is 55.4 Å². The fourth-order valence-electron chi connectivity index (χ4n) is 4.10. The number of amides is 2. The Hall–Kier alpha value is -3.40. The van der Waals surface area contributed by atoms with Crippen molar-refractivity contribution in [1.29, 1.82) is 0 Å². The first-order valence-corrected chi connectivity index (χ1v) is 11.5. The summed E-state index contributed by atoms with van der Waals surface area (Å²) in [5.41, 5.74) is 1.43. The molecular formula is C25H27F3N4O3. The molecule has 10 heteroatoms. The van der Waals surface area contributed by atoms with Crippen molar-refractivity contribution in [2.75, 3.05) is 37.7 Å². The quantitative estimate of drug-likeness (QED) is 0.647. The van der Waals surface area contributed by atoms with Crippen molar-refractivity contribution in [1.82, 2.24) is 10.3 Å². The predicted octanol–water partition coefficient (Wildman–Crippen LogP) is 3.58. The summed E-state index contributed by atoms with van der Waals surface area (Å²) < 4.78 is 46.3. The number of benzene rings is 2. The number of alkyl halides is 3. The highest BCUT2D eigenvalue weighted by Crippen LogP contribution is 2.35. The highest BCUT2D eigenvalue weighted by molar-refractivity contribution is 6.02. The van der Waals surface area contributed by atoms with Crippen LogP contribution in [0.5, 0.6) is 0 Å². The van der Waals surface area contributed by atoms with Crippen LogP contribution in [0.15, 0.2) is 53.6 Å². The molecule has 0 radical (unpaired) electrons. The van der Waals surface area contributed by atoms with Crippen molar-refractivity contribution in [3.8, 4) is 0 Å². The molecule has 2 aromatic rings. The average Bonchev–Trinajstić information content (AvgIpc) is 3.37. The summed E-state index contributed by atoms with van der Waals surface area (Å²) >= 11 is 0. The van der Waals surface area contributed by atoms with Gasteiger partial charge in [0.2, 0.25) is 11.8 Å². The summed E-state index contributed by atoms with van der Waals surface area (Å²) in [4.78, 5) is 26.6. The lowest BCUT2D eigenvalue weighted by atomic mass is 10.0. The van der Waals surface area contributed by atoms with E-state index in [1.165, 1.54) is 11.1 Å². The molecule has 1 fully saturated rings. The number of carbonyl (C=O) groups is 2. The SMILES string of the molecule is O=C(CCC(=O)N1CCC(c2ccccc2)=N1)NCc1ccc(N2CCOCC2)cc1C(F)(F)F. The van der Waals surface area contributed by atoms with Gasteiger partial charge >= 0.3 is 6.18 Å². The number of hydrazone groups is 1. The molecule has 2 heterocycles. The summed E-state index contributed by atoms with van der Waals surface area (Å²) in [5, 5.41) is 8.21. The molecule has 7 nitrogen and oxygen atoms in total. The molecule has 0 spiro atoms. The van der Waals surface area contributed by atoms with Crippen LogP contribution < -0.4 is 10.2 Å². The molecule has 1 saturated heterocycles. The molecule has 2 aliphatic heterocycles. The van der Waals surface area contributed by atoms with Crippen LogP contribution in [0, 0.1) is 0 Å². The number of carbonyl (C=O) groups excluding carboxylic acids is 2. The lowest BCUT2D eigenvalue weighted by Crippen LogP contribution is -2.36. The first-order chi connectivity index (χ1) is 16.8. The van der Waals surface area contributed by atoms with Gasteiger partial charge in [-0.3, -0.25) is 9.59 Å². The van der Waals surface area contributed by atoms with Gasteiger partial charge < -0.3 is 15.0 Å². The van der Waals surface area contributed by atoms with Crippen LogP contribution in [0.25, 0.3) is 0 Å². The Bertz CT molecular complexity index is 1080. The van der Waals surface area contributed by atoms with E-state index in [-0.39, 0.29) is 30.9 Å². The summed E-state index contributed by atoms with van der Waals surface area (Å²) in [6, 6.07) is 13.7. The van der Waals surface area contributed by atoms with Crippen molar-refractivity contribution in [3.63, 3.8) is 0 Å². The van der Waals surface area contributed by atoms with Gasteiger partial charge in [0.05, 0.1) is 31.0 Å². The molecule has 2 aliphatic rings. The number of hydrogen-bond donors (Lipinski definition) is 1. The number of ether oxygens (including phenoxy) is 1. The van der Waals surface area contributed by atoms with Crippen LogP contribution in [0.2, 0.25) is 0 Å². The maximum atomic E-state index is 13.7. The standard InChI is InChI=1S/C25H27F3N4O3/c26-25(27,28)21-16-20(31-12-14-35-15-13-31)7-6-19(21)17-29-23(33)8-9-24(34)32-11-10-22(30-32)18-4-2-1-3-5-18/h1-7,16H,8-15,17H2,(H,29,33). The number of anilines is 1. The third kappa shape index (κ3) is 6.39. The fraction of sp³-hybridized carbons (Fsp3) is 0.400. The van der Waals surface area contributed by atoms with Crippen LogP contribution in [0.1, 0.15) is 36.0 Å². The topological polar surface area (TPSA) is 74.2 Å². The van der Waals surface area contributed by atoms with Crippen molar-refractivity contribution in [2.24, 2.45) is 5.10 Å². The maximum Gasteiger partial charge on any atom is 0.416 e. The maximum absolute atomic E-state index is 13.7. The van der Waals surface area contributed by atoms with Crippen LogP contribution in [-0.2, 0) is 27.0 Å². The van der Waals surface area contributed by atoms with E-state index in [9.17, 15) is 22.8 Å². The molecule has 186 valence electrons. The minimum absolute atomic E-state index is 0.0224.